The predicted molar refractivity (Wildman–Crippen MR) is 55.1 cm³/mol. The van der Waals surface area contributed by atoms with E-state index in [1.807, 2.05) is 0 Å². The number of rotatable bonds is 2. The highest BCUT2D eigenvalue weighted by atomic mass is 16.6. The highest BCUT2D eigenvalue weighted by Crippen LogP contribution is 2.44. The molecule has 0 aromatic heterocycles. The van der Waals surface area contributed by atoms with Gasteiger partial charge in [0.1, 0.15) is 0 Å². The fourth-order valence-electron chi connectivity index (χ4n) is 2.87. The average molecular weight is 199 g/mol. The van der Waals surface area contributed by atoms with Crippen molar-refractivity contribution < 1.29 is 9.47 Å². The molecule has 2 aliphatic heterocycles. The van der Waals surface area contributed by atoms with Crippen LogP contribution in [-0.2, 0) is 9.47 Å². The first-order valence-electron chi connectivity index (χ1n) is 5.69. The van der Waals surface area contributed by atoms with Gasteiger partial charge in [0.05, 0.1) is 23.9 Å². The summed E-state index contributed by atoms with van der Waals surface area (Å²) in [5, 5.41) is 0. The summed E-state index contributed by atoms with van der Waals surface area (Å²) in [6.45, 7) is 4.99. The lowest BCUT2D eigenvalue weighted by Crippen LogP contribution is -2.36. The van der Waals surface area contributed by atoms with E-state index in [-0.39, 0.29) is 11.7 Å². The van der Waals surface area contributed by atoms with Crippen LogP contribution in [0, 0.1) is 0 Å². The first-order valence-corrected chi connectivity index (χ1v) is 5.69. The van der Waals surface area contributed by atoms with Crippen molar-refractivity contribution in [3.05, 3.63) is 0 Å². The molecule has 82 valence electrons. The number of ether oxygens (including phenoxy) is 2. The van der Waals surface area contributed by atoms with Gasteiger partial charge in [0.15, 0.2) is 0 Å². The minimum Gasteiger partial charge on any atom is -0.372 e. The van der Waals surface area contributed by atoms with Gasteiger partial charge >= 0.3 is 0 Å². The molecule has 0 saturated carbocycles. The SMILES string of the molecule is CC1CC2(CCC(CCN)O2)C(C)O1. The van der Waals surface area contributed by atoms with Crippen LogP contribution in [0.25, 0.3) is 0 Å². The van der Waals surface area contributed by atoms with Crippen LogP contribution in [0.2, 0.25) is 0 Å². The molecule has 0 aromatic carbocycles. The summed E-state index contributed by atoms with van der Waals surface area (Å²) >= 11 is 0. The molecule has 3 nitrogen and oxygen atoms in total. The second kappa shape index (κ2) is 3.80. The lowest BCUT2D eigenvalue weighted by atomic mass is 9.91. The first-order chi connectivity index (χ1) is 6.66. The quantitative estimate of drug-likeness (QED) is 0.732. The maximum absolute atomic E-state index is 6.13. The van der Waals surface area contributed by atoms with E-state index in [0.29, 0.717) is 12.2 Å². The van der Waals surface area contributed by atoms with E-state index in [1.54, 1.807) is 0 Å². The van der Waals surface area contributed by atoms with Crippen molar-refractivity contribution in [3.8, 4) is 0 Å². The Kier molecular flexibility index (Phi) is 2.82. The van der Waals surface area contributed by atoms with Gasteiger partial charge in [-0.15, -0.1) is 0 Å². The van der Waals surface area contributed by atoms with E-state index in [0.717, 1.165) is 32.2 Å². The van der Waals surface area contributed by atoms with Crippen LogP contribution in [0.4, 0.5) is 0 Å². The molecule has 4 atom stereocenters. The molecular formula is C11H21NO2. The third kappa shape index (κ3) is 1.69. The van der Waals surface area contributed by atoms with Gasteiger partial charge in [-0.1, -0.05) is 0 Å². The molecule has 0 radical (unpaired) electrons. The molecule has 0 bridgehead atoms. The summed E-state index contributed by atoms with van der Waals surface area (Å²) in [4.78, 5) is 0. The summed E-state index contributed by atoms with van der Waals surface area (Å²) in [7, 11) is 0. The topological polar surface area (TPSA) is 44.5 Å². The van der Waals surface area contributed by atoms with E-state index < -0.39 is 0 Å². The lowest BCUT2D eigenvalue weighted by molar-refractivity contribution is -0.0818. The molecule has 1 spiro atoms. The zero-order valence-corrected chi connectivity index (χ0v) is 9.16. The maximum atomic E-state index is 6.13. The minimum atomic E-state index is 0.0131. The van der Waals surface area contributed by atoms with Crippen molar-refractivity contribution in [3.63, 3.8) is 0 Å². The maximum Gasteiger partial charge on any atom is 0.0969 e. The van der Waals surface area contributed by atoms with Crippen LogP contribution in [0.3, 0.4) is 0 Å². The normalized spacial score (nSPS) is 47.8. The Bertz CT molecular complexity index is 209. The Morgan fingerprint density at radius 1 is 1.43 bits per heavy atom. The van der Waals surface area contributed by atoms with Crippen LogP contribution in [0.5, 0.6) is 0 Å². The van der Waals surface area contributed by atoms with Crippen molar-refractivity contribution in [2.45, 2.75) is 63.4 Å². The highest BCUT2D eigenvalue weighted by molar-refractivity contribution is 4.99. The summed E-state index contributed by atoms with van der Waals surface area (Å²) in [5.41, 5.74) is 5.56. The second-order valence-corrected chi connectivity index (χ2v) is 4.71. The summed E-state index contributed by atoms with van der Waals surface area (Å²) < 4.78 is 11.9. The van der Waals surface area contributed by atoms with E-state index in [1.165, 1.54) is 0 Å². The smallest absolute Gasteiger partial charge is 0.0969 e. The average Bonchev–Trinajstić information content (AvgIpc) is 2.61. The molecule has 2 saturated heterocycles. The fraction of sp³-hybridized carbons (Fsp3) is 1.00. The molecule has 14 heavy (non-hydrogen) atoms. The summed E-state index contributed by atoms with van der Waals surface area (Å²) in [5.74, 6) is 0. The largest absolute Gasteiger partial charge is 0.372 e. The van der Waals surface area contributed by atoms with Gasteiger partial charge in [-0.3, -0.25) is 0 Å². The zero-order valence-electron chi connectivity index (χ0n) is 9.16. The van der Waals surface area contributed by atoms with E-state index in [9.17, 15) is 0 Å². The number of hydrogen-bond acceptors (Lipinski definition) is 3. The second-order valence-electron chi connectivity index (χ2n) is 4.71. The molecule has 2 aliphatic rings. The highest BCUT2D eigenvalue weighted by Gasteiger charge is 2.50. The molecule has 0 amide bonds. The third-order valence-electron chi connectivity index (χ3n) is 3.59. The molecule has 0 aromatic rings. The standard InChI is InChI=1S/C11H21NO2/c1-8-7-11(9(2)13-8)5-3-10(14-11)4-6-12/h8-10H,3-7,12H2,1-2H3. The Morgan fingerprint density at radius 2 is 2.21 bits per heavy atom. The van der Waals surface area contributed by atoms with Crippen molar-refractivity contribution in [1.29, 1.82) is 0 Å². The molecule has 0 aliphatic carbocycles. The van der Waals surface area contributed by atoms with Crippen molar-refractivity contribution >= 4 is 0 Å². The van der Waals surface area contributed by atoms with Gasteiger partial charge in [-0.2, -0.15) is 0 Å². The van der Waals surface area contributed by atoms with Gasteiger partial charge in [0.2, 0.25) is 0 Å². The zero-order chi connectivity index (χ0) is 10.2. The summed E-state index contributed by atoms with van der Waals surface area (Å²) in [6, 6.07) is 0. The van der Waals surface area contributed by atoms with E-state index >= 15 is 0 Å². The van der Waals surface area contributed by atoms with Crippen LogP contribution >= 0.6 is 0 Å². The molecule has 2 rings (SSSR count). The molecule has 2 heterocycles. The van der Waals surface area contributed by atoms with Crippen molar-refractivity contribution in [2.24, 2.45) is 5.73 Å². The van der Waals surface area contributed by atoms with Crippen LogP contribution < -0.4 is 5.73 Å². The van der Waals surface area contributed by atoms with E-state index in [2.05, 4.69) is 13.8 Å². The Labute approximate surface area is 85.9 Å². The van der Waals surface area contributed by atoms with Gasteiger partial charge in [-0.05, 0) is 39.7 Å². The number of nitrogens with two attached hydrogens (primary N) is 1. The van der Waals surface area contributed by atoms with Crippen molar-refractivity contribution in [2.75, 3.05) is 6.54 Å². The molecular weight excluding hydrogens is 178 g/mol. The van der Waals surface area contributed by atoms with Gasteiger partial charge in [0.25, 0.3) is 0 Å². The van der Waals surface area contributed by atoms with Crippen LogP contribution in [0.15, 0.2) is 0 Å². The Balaban J connectivity index is 1.98. The Hall–Kier alpha value is -0.120. The molecule has 2 fully saturated rings. The number of hydrogen-bond donors (Lipinski definition) is 1. The molecule has 3 heteroatoms. The van der Waals surface area contributed by atoms with Gasteiger partial charge in [0, 0.05) is 6.42 Å². The van der Waals surface area contributed by atoms with E-state index in [4.69, 9.17) is 15.2 Å². The van der Waals surface area contributed by atoms with Crippen LogP contribution in [0.1, 0.15) is 39.5 Å². The summed E-state index contributed by atoms with van der Waals surface area (Å²) in [6.07, 6.45) is 5.30. The van der Waals surface area contributed by atoms with Gasteiger partial charge in [-0.25, -0.2) is 0 Å². The third-order valence-corrected chi connectivity index (χ3v) is 3.59. The first kappa shape index (κ1) is 10.4. The van der Waals surface area contributed by atoms with Crippen LogP contribution in [-0.4, -0.2) is 30.5 Å². The van der Waals surface area contributed by atoms with Crippen molar-refractivity contribution in [1.82, 2.24) is 0 Å². The Morgan fingerprint density at radius 3 is 2.79 bits per heavy atom. The molecule has 4 unspecified atom stereocenters. The minimum absolute atomic E-state index is 0.0131. The monoisotopic (exact) mass is 199 g/mol. The molecule has 2 N–H and O–H groups in total. The fourth-order valence-corrected chi connectivity index (χ4v) is 2.87. The predicted octanol–water partition coefficient (Wildman–Crippen LogP) is 1.45. The lowest BCUT2D eigenvalue weighted by Gasteiger charge is -2.27. The van der Waals surface area contributed by atoms with Gasteiger partial charge < -0.3 is 15.2 Å².